The topological polar surface area (TPSA) is 48.5 Å². The second-order valence-electron chi connectivity index (χ2n) is 3.22. The fourth-order valence-corrected chi connectivity index (χ4v) is 1.05. The summed E-state index contributed by atoms with van der Waals surface area (Å²) in [5, 5.41) is 8.74. The van der Waals surface area contributed by atoms with Crippen LogP contribution in [0.25, 0.3) is 0 Å². The maximum atomic E-state index is 8.74. The van der Waals surface area contributed by atoms with Crippen molar-refractivity contribution in [2.45, 2.75) is 32.7 Å². The van der Waals surface area contributed by atoms with Crippen LogP contribution in [0.15, 0.2) is 9.98 Å². The molecule has 0 saturated carbocycles. The number of nitriles is 1. The number of amidine groups is 1. The molecule has 0 N–H and O–H groups in total. The quantitative estimate of drug-likeness (QED) is 0.612. The van der Waals surface area contributed by atoms with Crippen LogP contribution in [0.3, 0.4) is 0 Å². The van der Waals surface area contributed by atoms with Crippen molar-refractivity contribution < 1.29 is 0 Å². The third-order valence-corrected chi connectivity index (χ3v) is 2.23. The summed E-state index contributed by atoms with van der Waals surface area (Å²) in [6.45, 7) is 5.82. The molecule has 1 heterocycles. The average Bonchev–Trinajstić information content (AvgIpc) is 2.47. The Morgan fingerprint density at radius 2 is 2.42 bits per heavy atom. The minimum absolute atomic E-state index is 0.106. The van der Waals surface area contributed by atoms with Crippen LogP contribution in [0.5, 0.6) is 0 Å². The van der Waals surface area contributed by atoms with E-state index in [0.29, 0.717) is 0 Å². The van der Waals surface area contributed by atoms with Gasteiger partial charge in [0.25, 0.3) is 0 Å². The first-order valence-corrected chi connectivity index (χ1v) is 4.16. The Morgan fingerprint density at radius 1 is 1.75 bits per heavy atom. The van der Waals surface area contributed by atoms with Crippen LogP contribution in [-0.2, 0) is 0 Å². The fourth-order valence-electron chi connectivity index (χ4n) is 1.05. The van der Waals surface area contributed by atoms with Crippen molar-refractivity contribution in [1.29, 1.82) is 5.26 Å². The van der Waals surface area contributed by atoms with Gasteiger partial charge in [0.2, 0.25) is 0 Å². The van der Waals surface area contributed by atoms with E-state index in [1.807, 2.05) is 20.8 Å². The van der Waals surface area contributed by atoms with Gasteiger partial charge in [0.15, 0.2) is 0 Å². The van der Waals surface area contributed by atoms with Crippen molar-refractivity contribution >= 4 is 12.1 Å². The second kappa shape index (κ2) is 3.06. The number of hydrogen-bond donors (Lipinski definition) is 0. The van der Waals surface area contributed by atoms with Crippen LogP contribution in [-0.4, -0.2) is 17.6 Å². The van der Waals surface area contributed by atoms with Crippen LogP contribution in [0.2, 0.25) is 0 Å². The predicted octanol–water partition coefficient (Wildman–Crippen LogP) is 1.80. The van der Waals surface area contributed by atoms with Gasteiger partial charge in [0.05, 0.1) is 12.0 Å². The molecule has 0 aromatic heterocycles. The summed E-state index contributed by atoms with van der Waals surface area (Å²) < 4.78 is 0. The lowest BCUT2D eigenvalue weighted by atomic mass is 9.91. The molecule has 1 rings (SSSR count). The average molecular weight is 163 g/mol. The molecule has 0 fully saturated rings. The first kappa shape index (κ1) is 8.92. The lowest BCUT2D eigenvalue weighted by molar-refractivity contribution is 0.520. The van der Waals surface area contributed by atoms with E-state index < -0.39 is 0 Å². The zero-order valence-corrected chi connectivity index (χ0v) is 7.70. The van der Waals surface area contributed by atoms with Crippen molar-refractivity contribution in [3.8, 4) is 6.07 Å². The van der Waals surface area contributed by atoms with Crippen LogP contribution in [0.4, 0.5) is 0 Å². The van der Waals surface area contributed by atoms with E-state index >= 15 is 0 Å². The minimum Gasteiger partial charge on any atom is -0.257 e. The van der Waals surface area contributed by atoms with Crippen LogP contribution in [0, 0.1) is 17.2 Å². The summed E-state index contributed by atoms with van der Waals surface area (Å²) in [6, 6.07) is 2.19. The number of aliphatic imine (C=N–C) groups is 2. The van der Waals surface area contributed by atoms with E-state index in [-0.39, 0.29) is 11.5 Å². The molecule has 1 aliphatic rings. The first-order valence-electron chi connectivity index (χ1n) is 4.16. The molecule has 64 valence electrons. The molecule has 12 heavy (non-hydrogen) atoms. The minimum atomic E-state index is -0.389. The summed E-state index contributed by atoms with van der Waals surface area (Å²) in [6.07, 6.45) is 2.62. The highest BCUT2D eigenvalue weighted by molar-refractivity contribution is 5.98. The van der Waals surface area contributed by atoms with Gasteiger partial charge in [-0.25, -0.2) is 4.99 Å². The summed E-state index contributed by atoms with van der Waals surface area (Å²) in [4.78, 5) is 8.53. The highest BCUT2D eigenvalue weighted by atomic mass is 15.0. The summed E-state index contributed by atoms with van der Waals surface area (Å²) in [5.41, 5.74) is -0.389. The maximum Gasteiger partial charge on any atom is 0.123 e. The molecular weight excluding hydrogens is 150 g/mol. The van der Waals surface area contributed by atoms with Gasteiger partial charge in [-0.1, -0.05) is 6.92 Å². The van der Waals surface area contributed by atoms with Crippen molar-refractivity contribution in [1.82, 2.24) is 0 Å². The Kier molecular flexibility index (Phi) is 2.27. The highest BCUT2D eigenvalue weighted by Crippen LogP contribution is 2.23. The van der Waals surface area contributed by atoms with Crippen molar-refractivity contribution in [3.05, 3.63) is 0 Å². The van der Waals surface area contributed by atoms with Gasteiger partial charge in [-0.3, -0.25) is 4.99 Å². The molecule has 0 spiro atoms. The van der Waals surface area contributed by atoms with Crippen LogP contribution >= 0.6 is 0 Å². The fraction of sp³-hybridized carbons (Fsp3) is 0.667. The molecule has 0 radical (unpaired) electrons. The molecule has 2 atom stereocenters. The number of rotatable bonds is 2. The maximum absolute atomic E-state index is 8.74. The Morgan fingerprint density at radius 3 is 2.83 bits per heavy atom. The molecule has 2 unspecified atom stereocenters. The monoisotopic (exact) mass is 163 g/mol. The van der Waals surface area contributed by atoms with Gasteiger partial charge >= 0.3 is 0 Å². The predicted molar refractivity (Wildman–Crippen MR) is 49.4 cm³/mol. The molecule has 0 aromatic rings. The van der Waals surface area contributed by atoms with E-state index in [9.17, 15) is 0 Å². The lowest BCUT2D eigenvalue weighted by Gasteiger charge is -2.18. The summed E-state index contributed by atoms with van der Waals surface area (Å²) >= 11 is 0. The SMILES string of the molecule is CCC1=NC(C)(C(C)C#N)C=N1. The molecule has 0 saturated heterocycles. The number of nitrogens with zero attached hydrogens (tertiary/aromatic N) is 3. The molecule has 0 aromatic carbocycles. The molecule has 0 aliphatic carbocycles. The van der Waals surface area contributed by atoms with E-state index in [2.05, 4.69) is 16.1 Å². The summed E-state index contributed by atoms with van der Waals surface area (Å²) in [7, 11) is 0. The lowest BCUT2D eigenvalue weighted by Crippen LogP contribution is -2.29. The third kappa shape index (κ3) is 1.38. The Hall–Kier alpha value is -1.17. The Balaban J connectivity index is 2.86. The van der Waals surface area contributed by atoms with E-state index in [4.69, 9.17) is 5.26 Å². The normalized spacial score (nSPS) is 29.7. The van der Waals surface area contributed by atoms with Crippen molar-refractivity contribution in [3.63, 3.8) is 0 Å². The zero-order chi connectivity index (χ0) is 9.19. The van der Waals surface area contributed by atoms with E-state index in [1.54, 1.807) is 6.21 Å². The molecule has 3 heteroatoms. The van der Waals surface area contributed by atoms with Crippen molar-refractivity contribution in [2.75, 3.05) is 0 Å². The first-order chi connectivity index (χ1) is 5.62. The standard InChI is InChI=1S/C9H13N3/c1-4-8-11-6-9(3,12-8)7(2)5-10/h6-7H,4H2,1-3H3. The zero-order valence-electron chi connectivity index (χ0n) is 7.70. The van der Waals surface area contributed by atoms with Crippen LogP contribution < -0.4 is 0 Å². The van der Waals surface area contributed by atoms with Gasteiger partial charge in [0.1, 0.15) is 11.4 Å². The molecule has 3 nitrogen and oxygen atoms in total. The second-order valence-corrected chi connectivity index (χ2v) is 3.22. The largest absolute Gasteiger partial charge is 0.257 e. The van der Waals surface area contributed by atoms with Crippen molar-refractivity contribution in [2.24, 2.45) is 15.9 Å². The molecule has 0 bridgehead atoms. The van der Waals surface area contributed by atoms with Gasteiger partial charge in [-0.15, -0.1) is 0 Å². The highest BCUT2D eigenvalue weighted by Gasteiger charge is 2.32. The van der Waals surface area contributed by atoms with Gasteiger partial charge in [0, 0.05) is 12.6 Å². The van der Waals surface area contributed by atoms with Gasteiger partial charge in [-0.2, -0.15) is 5.26 Å². The molecular formula is C9H13N3. The molecule has 0 amide bonds. The Labute approximate surface area is 72.8 Å². The Bertz CT molecular complexity index is 272. The smallest absolute Gasteiger partial charge is 0.123 e. The van der Waals surface area contributed by atoms with Gasteiger partial charge < -0.3 is 0 Å². The third-order valence-electron chi connectivity index (χ3n) is 2.23. The molecule has 1 aliphatic heterocycles. The van der Waals surface area contributed by atoms with E-state index in [0.717, 1.165) is 12.3 Å². The number of hydrogen-bond acceptors (Lipinski definition) is 3. The summed E-state index contributed by atoms with van der Waals surface area (Å²) in [5.74, 6) is 0.741. The van der Waals surface area contributed by atoms with Gasteiger partial charge in [-0.05, 0) is 13.8 Å². The van der Waals surface area contributed by atoms with Crippen LogP contribution in [0.1, 0.15) is 27.2 Å². The van der Waals surface area contributed by atoms with E-state index in [1.165, 1.54) is 0 Å².